The van der Waals surface area contributed by atoms with E-state index in [1.165, 1.54) is 14.1 Å². The summed E-state index contributed by atoms with van der Waals surface area (Å²) in [5.41, 5.74) is 2.34. The highest BCUT2D eigenvalue weighted by Gasteiger charge is 2.12. The highest BCUT2D eigenvalue weighted by Crippen LogP contribution is 2.01. The third kappa shape index (κ3) is 11.9. The summed E-state index contributed by atoms with van der Waals surface area (Å²) < 4.78 is 0. The van der Waals surface area contributed by atoms with Crippen molar-refractivity contribution in [2.75, 3.05) is 21.1 Å². The number of nitrogens with one attached hydrogen (secondary N) is 3. The lowest BCUT2D eigenvalue weighted by Crippen LogP contribution is -2.22. The van der Waals surface area contributed by atoms with E-state index in [0.717, 1.165) is 6.08 Å². The summed E-state index contributed by atoms with van der Waals surface area (Å²) in [6.45, 7) is 1.86. The molecule has 0 fully saturated rings. The molecule has 8 heteroatoms. The Hall–Kier alpha value is -2.38. The van der Waals surface area contributed by atoms with E-state index in [1.54, 1.807) is 13.3 Å². The van der Waals surface area contributed by atoms with Crippen molar-refractivity contribution < 1.29 is 19.5 Å². The van der Waals surface area contributed by atoms with E-state index in [1.807, 2.05) is 6.92 Å². The average molecular weight is 272 g/mol. The molecule has 0 unspecified atom stereocenters. The summed E-state index contributed by atoms with van der Waals surface area (Å²) in [5, 5.41) is 16.7. The van der Waals surface area contributed by atoms with Crippen molar-refractivity contribution in [3.05, 3.63) is 11.6 Å². The fourth-order valence-corrected chi connectivity index (χ4v) is 0.809. The monoisotopic (exact) mass is 272 g/mol. The zero-order valence-corrected chi connectivity index (χ0v) is 11.5. The molecule has 19 heavy (non-hydrogen) atoms. The molecule has 0 aliphatic heterocycles. The Labute approximate surface area is 111 Å². The normalized spacial score (nSPS) is 10.2. The first kappa shape index (κ1) is 19.0. The summed E-state index contributed by atoms with van der Waals surface area (Å²) in [6, 6.07) is 0. The highest BCUT2D eigenvalue weighted by molar-refractivity contribution is 6.01. The number of carboxylic acid groups (broad SMARTS) is 1. The van der Waals surface area contributed by atoms with Gasteiger partial charge in [-0.05, 0) is 6.92 Å². The molecule has 8 nitrogen and oxygen atoms in total. The van der Waals surface area contributed by atoms with Crippen molar-refractivity contribution in [3.8, 4) is 0 Å². The lowest BCUT2D eigenvalue weighted by atomic mass is 10.1. The van der Waals surface area contributed by atoms with Gasteiger partial charge in [-0.1, -0.05) is 0 Å². The van der Waals surface area contributed by atoms with Crippen molar-refractivity contribution in [2.45, 2.75) is 13.3 Å². The molecule has 0 aromatic heterocycles. The number of hydrogen-bond acceptors (Lipinski definition) is 5. The first-order chi connectivity index (χ1) is 8.92. The molecule has 4 N–H and O–H groups in total. The number of carboxylic acids is 1. The van der Waals surface area contributed by atoms with Crippen LogP contribution in [0, 0.1) is 0 Å². The maximum Gasteiger partial charge on any atom is 0.332 e. The molecule has 0 aromatic rings. The summed E-state index contributed by atoms with van der Waals surface area (Å²) in [5.74, 6) is -2.29. The Balaban J connectivity index is 0. The predicted molar refractivity (Wildman–Crippen MR) is 71.7 cm³/mol. The van der Waals surface area contributed by atoms with Crippen LogP contribution in [0.15, 0.2) is 16.8 Å². The van der Waals surface area contributed by atoms with Gasteiger partial charge in [-0.2, -0.15) is 5.10 Å². The molecular formula is C11H20N4O4. The summed E-state index contributed by atoms with van der Waals surface area (Å²) in [4.78, 5) is 32.2. The molecule has 0 atom stereocenters. The Morgan fingerprint density at radius 2 is 1.74 bits per heavy atom. The topological polar surface area (TPSA) is 120 Å². The van der Waals surface area contributed by atoms with E-state index in [0.29, 0.717) is 0 Å². The van der Waals surface area contributed by atoms with Crippen LogP contribution in [0.5, 0.6) is 0 Å². The molecule has 0 saturated carbocycles. The maximum absolute atomic E-state index is 10.8. The van der Waals surface area contributed by atoms with Gasteiger partial charge in [0.25, 0.3) is 0 Å². The van der Waals surface area contributed by atoms with E-state index < -0.39 is 17.8 Å². The molecule has 0 rings (SSSR count). The van der Waals surface area contributed by atoms with Gasteiger partial charge < -0.3 is 21.2 Å². The zero-order valence-electron chi connectivity index (χ0n) is 11.5. The number of carbonyl (C=O) groups excluding carboxylic acids is 2. The fraction of sp³-hybridized carbons (Fsp3) is 0.455. The lowest BCUT2D eigenvalue weighted by Gasteiger charge is -2.00. The number of nitrogens with zero attached hydrogens (tertiary/aromatic N) is 1. The largest absolute Gasteiger partial charge is 0.478 e. The zero-order chi connectivity index (χ0) is 15.3. The van der Waals surface area contributed by atoms with E-state index in [-0.39, 0.29) is 12.0 Å². The van der Waals surface area contributed by atoms with Crippen molar-refractivity contribution in [2.24, 2.45) is 5.10 Å². The summed E-state index contributed by atoms with van der Waals surface area (Å²) in [6.07, 6.45) is 2.26. The van der Waals surface area contributed by atoms with Crippen LogP contribution in [0.1, 0.15) is 13.3 Å². The number of hydrogen-bond donors (Lipinski definition) is 4. The molecular weight excluding hydrogens is 252 g/mol. The summed E-state index contributed by atoms with van der Waals surface area (Å²) in [7, 11) is 4.53. The number of carbonyl (C=O) groups is 3. The lowest BCUT2D eigenvalue weighted by molar-refractivity contribution is -0.134. The minimum atomic E-state index is -1.28. The van der Waals surface area contributed by atoms with Gasteiger partial charge in [-0.25, -0.2) is 4.79 Å². The molecule has 0 aliphatic carbocycles. The SMILES string of the molecule is CC=NNC.CNC(=O)/C=C(/CC(=O)NC)C(=O)O. The van der Waals surface area contributed by atoms with Gasteiger partial charge in [-0.15, -0.1) is 0 Å². The number of hydrazone groups is 1. The fourth-order valence-electron chi connectivity index (χ4n) is 0.809. The van der Waals surface area contributed by atoms with Crippen LogP contribution in [0.3, 0.4) is 0 Å². The van der Waals surface area contributed by atoms with Crippen molar-refractivity contribution in [3.63, 3.8) is 0 Å². The minimum Gasteiger partial charge on any atom is -0.478 e. The number of likely N-dealkylation sites (N-methyl/N-ethyl adjacent to an activating group) is 1. The Morgan fingerprint density at radius 3 is 2.00 bits per heavy atom. The summed E-state index contributed by atoms with van der Waals surface area (Å²) >= 11 is 0. The van der Waals surface area contributed by atoms with Crippen molar-refractivity contribution >= 4 is 24.0 Å². The average Bonchev–Trinajstić information content (AvgIpc) is 2.39. The first-order valence-electron chi connectivity index (χ1n) is 5.43. The molecule has 0 spiro atoms. The van der Waals surface area contributed by atoms with Crippen LogP contribution in [0.4, 0.5) is 0 Å². The second kappa shape index (κ2) is 12.1. The van der Waals surface area contributed by atoms with Gasteiger partial charge >= 0.3 is 5.97 Å². The second-order valence-electron chi connectivity index (χ2n) is 3.05. The van der Waals surface area contributed by atoms with E-state index in [9.17, 15) is 14.4 Å². The van der Waals surface area contributed by atoms with Crippen LogP contribution in [-0.2, 0) is 14.4 Å². The number of amides is 2. The quantitative estimate of drug-likeness (QED) is 0.293. The van der Waals surface area contributed by atoms with Crippen LogP contribution in [0.25, 0.3) is 0 Å². The van der Waals surface area contributed by atoms with Crippen LogP contribution >= 0.6 is 0 Å². The van der Waals surface area contributed by atoms with Gasteiger partial charge in [0.1, 0.15) is 0 Å². The molecule has 0 bridgehead atoms. The Kier molecular flexibility index (Phi) is 12.1. The number of aliphatic carboxylic acids is 1. The highest BCUT2D eigenvalue weighted by atomic mass is 16.4. The van der Waals surface area contributed by atoms with Gasteiger partial charge in [0.15, 0.2) is 0 Å². The van der Waals surface area contributed by atoms with E-state index >= 15 is 0 Å². The molecule has 0 aromatic carbocycles. The smallest absolute Gasteiger partial charge is 0.332 e. The van der Waals surface area contributed by atoms with Crippen LogP contribution in [-0.4, -0.2) is 50.2 Å². The first-order valence-corrected chi connectivity index (χ1v) is 5.43. The van der Waals surface area contributed by atoms with Crippen LogP contribution in [0.2, 0.25) is 0 Å². The Morgan fingerprint density at radius 1 is 1.16 bits per heavy atom. The van der Waals surface area contributed by atoms with Gasteiger partial charge in [0.2, 0.25) is 11.8 Å². The second-order valence-corrected chi connectivity index (χ2v) is 3.05. The van der Waals surface area contributed by atoms with Gasteiger partial charge in [-0.3, -0.25) is 9.59 Å². The van der Waals surface area contributed by atoms with Crippen molar-refractivity contribution in [1.82, 2.24) is 16.1 Å². The standard InChI is InChI=1S/C8H12N2O4.C3H8N2/c1-9-6(11)3-5(8(13)14)4-7(12)10-2;1-3-5-4-2/h3H,4H2,1-2H3,(H,9,11)(H,10,12)(H,13,14);3-4H,1-2H3/b5-3-;. The molecule has 0 aliphatic rings. The Bertz CT molecular complexity index is 364. The molecule has 0 radical (unpaired) electrons. The van der Waals surface area contributed by atoms with E-state index in [2.05, 4.69) is 21.2 Å². The molecule has 2 amide bonds. The number of rotatable bonds is 5. The van der Waals surface area contributed by atoms with Gasteiger partial charge in [0, 0.05) is 33.4 Å². The van der Waals surface area contributed by atoms with E-state index in [4.69, 9.17) is 5.11 Å². The maximum atomic E-state index is 10.8. The third-order valence-corrected chi connectivity index (χ3v) is 1.71. The molecule has 0 saturated heterocycles. The van der Waals surface area contributed by atoms with Crippen LogP contribution < -0.4 is 16.1 Å². The van der Waals surface area contributed by atoms with Crippen molar-refractivity contribution in [1.29, 1.82) is 0 Å². The van der Waals surface area contributed by atoms with Gasteiger partial charge in [0.05, 0.1) is 12.0 Å². The minimum absolute atomic E-state index is 0.247. The predicted octanol–water partition coefficient (Wildman–Crippen LogP) is -0.909. The third-order valence-electron chi connectivity index (χ3n) is 1.71. The molecule has 0 heterocycles. The molecule has 108 valence electrons.